The number of anilines is 1. The number of hydrogen-bond acceptors (Lipinski definition) is 5. The number of carbonyl (C=O) groups excluding carboxylic acids is 1. The third-order valence-electron chi connectivity index (χ3n) is 6.10. The molecule has 3 aromatic rings. The summed E-state index contributed by atoms with van der Waals surface area (Å²) in [5.74, 6) is 1.12. The highest BCUT2D eigenvalue weighted by Crippen LogP contribution is 2.44. The molecule has 2 bridgehead atoms. The molecule has 0 radical (unpaired) electrons. The zero-order valence-electron chi connectivity index (χ0n) is 16.9. The van der Waals surface area contributed by atoms with Gasteiger partial charge in [-0.3, -0.25) is 9.59 Å². The molecule has 5 rings (SSSR count). The third-order valence-corrected chi connectivity index (χ3v) is 6.10. The fourth-order valence-electron chi connectivity index (χ4n) is 4.89. The van der Waals surface area contributed by atoms with Crippen molar-refractivity contribution in [3.63, 3.8) is 0 Å². The molecule has 6 heteroatoms. The summed E-state index contributed by atoms with van der Waals surface area (Å²) in [6.45, 7) is 6.56. The number of aromatic nitrogens is 2. The first-order valence-electron chi connectivity index (χ1n) is 10.2. The molecular formula is C23H25N3O3. The largest absolute Gasteiger partial charge is 0.460 e. The summed E-state index contributed by atoms with van der Waals surface area (Å²) >= 11 is 0. The van der Waals surface area contributed by atoms with Crippen molar-refractivity contribution in [2.75, 3.05) is 11.4 Å². The SMILES string of the molecule is CC(C)(C)OC(=O)C1CC2CC1CN2c1ccc2[nH]c(=O)c3ccccc3c2n1. The molecule has 2 fully saturated rings. The number of piperidine rings is 1. The Labute approximate surface area is 168 Å². The van der Waals surface area contributed by atoms with E-state index in [1.807, 2.05) is 57.2 Å². The zero-order valence-corrected chi connectivity index (χ0v) is 16.9. The van der Waals surface area contributed by atoms with Crippen molar-refractivity contribution < 1.29 is 9.53 Å². The van der Waals surface area contributed by atoms with Crippen molar-refractivity contribution in [2.24, 2.45) is 11.8 Å². The lowest BCUT2D eigenvalue weighted by Gasteiger charge is -2.33. The number of fused-ring (bicyclic) bond motifs is 5. The van der Waals surface area contributed by atoms with Gasteiger partial charge in [0.25, 0.3) is 5.56 Å². The van der Waals surface area contributed by atoms with E-state index >= 15 is 0 Å². The van der Waals surface area contributed by atoms with Gasteiger partial charge < -0.3 is 14.6 Å². The zero-order chi connectivity index (χ0) is 20.3. The first-order valence-corrected chi connectivity index (χ1v) is 10.2. The van der Waals surface area contributed by atoms with Crippen molar-refractivity contribution in [3.8, 4) is 0 Å². The molecule has 3 heterocycles. The fraction of sp³-hybridized carbons (Fsp3) is 0.435. The van der Waals surface area contributed by atoms with Gasteiger partial charge in [-0.05, 0) is 57.7 Å². The standard InChI is InChI=1S/C23H25N3O3/c1-23(2,3)29-22(28)17-11-14-10-13(17)12-26(14)19-9-8-18-20(25-19)15-6-4-5-7-16(15)21(27)24-18/h4-9,13-14,17H,10-12H2,1-3H3,(H,24,27). The van der Waals surface area contributed by atoms with Crippen molar-refractivity contribution in [3.05, 3.63) is 46.8 Å². The minimum absolute atomic E-state index is 0.0203. The highest BCUT2D eigenvalue weighted by atomic mass is 16.6. The predicted octanol–water partition coefficient (Wildman–Crippen LogP) is 3.63. The van der Waals surface area contributed by atoms with Gasteiger partial charge in [-0.2, -0.15) is 0 Å². The fourth-order valence-corrected chi connectivity index (χ4v) is 4.89. The summed E-state index contributed by atoms with van der Waals surface area (Å²) in [6.07, 6.45) is 1.81. The minimum Gasteiger partial charge on any atom is -0.460 e. The Kier molecular flexibility index (Phi) is 3.95. The summed E-state index contributed by atoms with van der Waals surface area (Å²) in [4.78, 5) is 35.0. The van der Waals surface area contributed by atoms with Crippen LogP contribution >= 0.6 is 0 Å². The number of aromatic amines is 1. The van der Waals surface area contributed by atoms with Crippen molar-refractivity contribution in [2.45, 2.75) is 45.3 Å². The number of rotatable bonds is 2. The van der Waals surface area contributed by atoms with E-state index in [-0.39, 0.29) is 17.4 Å². The quantitative estimate of drug-likeness (QED) is 0.533. The smallest absolute Gasteiger partial charge is 0.309 e. The van der Waals surface area contributed by atoms with Crippen LogP contribution in [0.4, 0.5) is 5.82 Å². The highest BCUT2D eigenvalue weighted by Gasteiger charge is 2.49. The van der Waals surface area contributed by atoms with Crippen LogP contribution < -0.4 is 10.5 Å². The van der Waals surface area contributed by atoms with E-state index in [9.17, 15) is 9.59 Å². The molecule has 29 heavy (non-hydrogen) atoms. The number of pyridine rings is 2. The number of nitrogens with one attached hydrogen (secondary N) is 1. The van der Waals surface area contributed by atoms with Crippen LogP contribution in [0.3, 0.4) is 0 Å². The predicted molar refractivity (Wildman–Crippen MR) is 113 cm³/mol. The molecule has 2 aromatic heterocycles. The summed E-state index contributed by atoms with van der Waals surface area (Å²) in [7, 11) is 0. The average Bonchev–Trinajstić information content (AvgIpc) is 3.28. The molecule has 3 atom stereocenters. The molecule has 3 unspecified atom stereocenters. The van der Waals surface area contributed by atoms with Gasteiger partial charge in [0, 0.05) is 23.4 Å². The maximum atomic E-state index is 12.6. The average molecular weight is 391 g/mol. The van der Waals surface area contributed by atoms with Crippen molar-refractivity contribution in [1.82, 2.24) is 9.97 Å². The van der Waals surface area contributed by atoms with Crippen LogP contribution in [0, 0.1) is 11.8 Å². The van der Waals surface area contributed by atoms with Gasteiger partial charge in [0.05, 0.1) is 17.0 Å². The van der Waals surface area contributed by atoms with E-state index in [0.29, 0.717) is 17.3 Å². The summed E-state index contributed by atoms with van der Waals surface area (Å²) in [5.41, 5.74) is 1.01. The van der Waals surface area contributed by atoms with Crippen LogP contribution in [0.1, 0.15) is 33.6 Å². The lowest BCUT2D eigenvalue weighted by Crippen LogP contribution is -2.40. The Balaban J connectivity index is 1.45. The van der Waals surface area contributed by atoms with Crippen LogP contribution in [0.5, 0.6) is 0 Å². The third kappa shape index (κ3) is 3.07. The Morgan fingerprint density at radius 1 is 1.14 bits per heavy atom. The second kappa shape index (κ2) is 6.31. The van der Waals surface area contributed by atoms with Crippen LogP contribution in [0.25, 0.3) is 21.8 Å². The first-order chi connectivity index (χ1) is 13.8. The molecule has 1 aliphatic heterocycles. The topological polar surface area (TPSA) is 75.3 Å². The van der Waals surface area contributed by atoms with Crippen LogP contribution in [0.15, 0.2) is 41.2 Å². The van der Waals surface area contributed by atoms with Gasteiger partial charge in [0.15, 0.2) is 0 Å². The molecule has 0 spiro atoms. The molecule has 1 N–H and O–H groups in total. The van der Waals surface area contributed by atoms with Crippen molar-refractivity contribution >= 4 is 33.6 Å². The normalized spacial score (nSPS) is 23.8. The van der Waals surface area contributed by atoms with Gasteiger partial charge >= 0.3 is 5.97 Å². The van der Waals surface area contributed by atoms with Crippen molar-refractivity contribution in [1.29, 1.82) is 0 Å². The van der Waals surface area contributed by atoms with E-state index in [4.69, 9.17) is 9.72 Å². The Hall–Kier alpha value is -2.89. The monoisotopic (exact) mass is 391 g/mol. The molecule has 6 nitrogen and oxygen atoms in total. The van der Waals surface area contributed by atoms with Crippen LogP contribution in [-0.2, 0) is 9.53 Å². The Morgan fingerprint density at radius 3 is 2.59 bits per heavy atom. The Bertz CT molecular complexity index is 1180. The molecule has 1 aliphatic carbocycles. The molecule has 2 aliphatic rings. The molecular weight excluding hydrogens is 366 g/mol. The van der Waals surface area contributed by atoms with E-state index in [1.54, 1.807) is 0 Å². The summed E-state index contributed by atoms with van der Waals surface area (Å²) in [6, 6.07) is 11.8. The van der Waals surface area contributed by atoms with Gasteiger partial charge in [0.2, 0.25) is 0 Å². The number of benzene rings is 1. The summed E-state index contributed by atoms with van der Waals surface area (Å²) in [5, 5.41) is 1.52. The van der Waals surface area contributed by atoms with Crippen LogP contribution in [0.2, 0.25) is 0 Å². The van der Waals surface area contributed by atoms with Gasteiger partial charge in [-0.15, -0.1) is 0 Å². The second-order valence-electron chi connectivity index (χ2n) is 9.24. The lowest BCUT2D eigenvalue weighted by molar-refractivity contribution is -0.161. The number of esters is 1. The highest BCUT2D eigenvalue weighted by molar-refractivity contribution is 6.03. The lowest BCUT2D eigenvalue weighted by atomic mass is 9.94. The maximum absolute atomic E-state index is 12.6. The van der Waals surface area contributed by atoms with Crippen LogP contribution in [-0.4, -0.2) is 34.1 Å². The number of nitrogens with zero attached hydrogens (tertiary/aromatic N) is 2. The van der Waals surface area contributed by atoms with E-state index < -0.39 is 5.60 Å². The summed E-state index contributed by atoms with van der Waals surface area (Å²) < 4.78 is 5.63. The first kappa shape index (κ1) is 18.2. The Morgan fingerprint density at radius 2 is 1.90 bits per heavy atom. The van der Waals surface area contributed by atoms with E-state index in [0.717, 1.165) is 41.6 Å². The molecule has 1 saturated carbocycles. The van der Waals surface area contributed by atoms with Gasteiger partial charge in [-0.25, -0.2) is 4.98 Å². The van der Waals surface area contributed by atoms with Gasteiger partial charge in [0.1, 0.15) is 11.4 Å². The molecule has 1 saturated heterocycles. The number of carbonyl (C=O) groups is 1. The number of H-pyrrole nitrogens is 1. The maximum Gasteiger partial charge on any atom is 0.309 e. The molecule has 1 aromatic carbocycles. The van der Waals surface area contributed by atoms with Gasteiger partial charge in [-0.1, -0.05) is 18.2 Å². The molecule has 0 amide bonds. The second-order valence-corrected chi connectivity index (χ2v) is 9.24. The molecule has 150 valence electrons. The number of hydrogen-bond donors (Lipinski definition) is 1. The number of ether oxygens (including phenoxy) is 1. The van der Waals surface area contributed by atoms with E-state index in [2.05, 4.69) is 9.88 Å². The minimum atomic E-state index is -0.448. The van der Waals surface area contributed by atoms with E-state index in [1.165, 1.54) is 0 Å².